The van der Waals surface area contributed by atoms with Crippen LogP contribution in [0.2, 0.25) is 0 Å². The predicted octanol–water partition coefficient (Wildman–Crippen LogP) is 5.26. The molecular weight excluding hydrogens is 392 g/mol. The largest absolute Gasteiger partial charge is 0.490 e. The zero-order chi connectivity index (χ0) is 18.5. The summed E-state index contributed by atoms with van der Waals surface area (Å²) in [4.78, 5) is 11.6. The third-order valence-electron chi connectivity index (χ3n) is 4.93. The van der Waals surface area contributed by atoms with Crippen LogP contribution in [0.1, 0.15) is 49.8 Å². The highest BCUT2D eigenvalue weighted by Crippen LogP contribution is 2.38. The molecule has 2 atom stereocenters. The molecule has 2 aliphatic carbocycles. The Morgan fingerprint density at radius 2 is 2.15 bits per heavy atom. The Balaban J connectivity index is 1.69. The van der Waals surface area contributed by atoms with Gasteiger partial charge in [0.25, 0.3) is 0 Å². The van der Waals surface area contributed by atoms with Crippen LogP contribution in [0, 0.1) is 17.8 Å². The van der Waals surface area contributed by atoms with Gasteiger partial charge in [0.15, 0.2) is 0 Å². The van der Waals surface area contributed by atoms with Gasteiger partial charge in [0.1, 0.15) is 6.10 Å². The van der Waals surface area contributed by atoms with Gasteiger partial charge in [-0.05, 0) is 55.5 Å². The fourth-order valence-corrected chi connectivity index (χ4v) is 3.98. The molecule has 0 radical (unpaired) electrons. The van der Waals surface area contributed by atoms with E-state index in [2.05, 4.69) is 52.0 Å². The molecule has 3 rings (SSSR count). The number of carbonyl (C=O) groups is 1. The Labute approximate surface area is 163 Å². The first-order chi connectivity index (χ1) is 12.6. The van der Waals surface area contributed by atoms with Crippen LogP contribution in [0.25, 0.3) is 0 Å². The van der Waals surface area contributed by atoms with Crippen LogP contribution in [0.4, 0.5) is 0 Å². The summed E-state index contributed by atoms with van der Waals surface area (Å²) in [5, 5.41) is 0. The normalized spacial score (nSPS) is 19.4. The van der Waals surface area contributed by atoms with E-state index in [1.54, 1.807) is 6.92 Å². The molecule has 0 amide bonds. The van der Waals surface area contributed by atoms with Crippen LogP contribution in [0.5, 0.6) is 0 Å². The Hall–Kier alpha value is -1.99. The lowest BCUT2D eigenvalue weighted by atomic mass is 9.89. The van der Waals surface area contributed by atoms with Crippen molar-refractivity contribution in [3.63, 3.8) is 0 Å². The average Bonchev–Trinajstić information content (AvgIpc) is 3.03. The van der Waals surface area contributed by atoms with E-state index in [0.29, 0.717) is 6.42 Å². The second kappa shape index (κ2) is 8.60. The Morgan fingerprint density at radius 1 is 1.31 bits per heavy atom. The standard InChI is InChI=1S/C22H23BrO3/c1-3-4-16(14-22(24)25-2)15-5-9-19(10-6-15)26-21-12-7-17-13-18(23)8-11-20(17)21/h5,8-9,11,13,16,21H,6-7,10,12,14H2,1-2H3/t16-,21?/m0/s1. The van der Waals surface area contributed by atoms with Crippen LogP contribution >= 0.6 is 15.9 Å². The first kappa shape index (κ1) is 18.8. The summed E-state index contributed by atoms with van der Waals surface area (Å²) < 4.78 is 12.2. The minimum absolute atomic E-state index is 0.0743. The first-order valence-electron chi connectivity index (χ1n) is 8.94. The summed E-state index contributed by atoms with van der Waals surface area (Å²) in [6, 6.07) is 6.42. The van der Waals surface area contributed by atoms with Crippen molar-refractivity contribution in [2.24, 2.45) is 5.92 Å². The third kappa shape index (κ3) is 4.40. The third-order valence-corrected chi connectivity index (χ3v) is 5.42. The van der Waals surface area contributed by atoms with Crippen molar-refractivity contribution in [3.8, 4) is 11.8 Å². The monoisotopic (exact) mass is 414 g/mol. The fourth-order valence-electron chi connectivity index (χ4n) is 3.57. The number of aryl methyl sites for hydroxylation is 1. The molecule has 0 saturated carbocycles. The second-order valence-corrected chi connectivity index (χ2v) is 7.51. The van der Waals surface area contributed by atoms with Crippen molar-refractivity contribution in [3.05, 3.63) is 57.3 Å². The minimum Gasteiger partial charge on any atom is -0.490 e. The summed E-state index contributed by atoms with van der Waals surface area (Å²) in [6.07, 6.45) is 8.33. The van der Waals surface area contributed by atoms with Gasteiger partial charge in [-0.2, -0.15) is 0 Å². The maximum absolute atomic E-state index is 11.6. The number of allylic oxidation sites excluding steroid dienone is 4. The number of methoxy groups -OCH3 is 1. The highest BCUT2D eigenvalue weighted by Gasteiger charge is 2.26. The van der Waals surface area contributed by atoms with E-state index < -0.39 is 0 Å². The number of hydrogen-bond acceptors (Lipinski definition) is 3. The van der Waals surface area contributed by atoms with Gasteiger partial charge in [0, 0.05) is 10.9 Å². The molecule has 1 aromatic carbocycles. The van der Waals surface area contributed by atoms with E-state index in [-0.39, 0.29) is 18.0 Å². The number of benzene rings is 1. The van der Waals surface area contributed by atoms with Crippen molar-refractivity contribution >= 4 is 21.9 Å². The molecule has 0 heterocycles. The molecule has 0 bridgehead atoms. The molecule has 0 spiro atoms. The van der Waals surface area contributed by atoms with Crippen LogP contribution < -0.4 is 0 Å². The zero-order valence-corrected chi connectivity index (χ0v) is 16.8. The summed E-state index contributed by atoms with van der Waals surface area (Å²) in [5.74, 6) is 6.77. The van der Waals surface area contributed by atoms with Gasteiger partial charge in [-0.3, -0.25) is 4.79 Å². The topological polar surface area (TPSA) is 35.5 Å². The van der Waals surface area contributed by atoms with E-state index in [1.165, 1.54) is 23.8 Å². The number of carbonyl (C=O) groups excluding carboxylic acids is 1. The summed E-state index contributed by atoms with van der Waals surface area (Å²) in [7, 11) is 1.41. The van der Waals surface area contributed by atoms with E-state index >= 15 is 0 Å². The van der Waals surface area contributed by atoms with Crippen molar-refractivity contribution in [2.45, 2.75) is 45.1 Å². The average molecular weight is 415 g/mol. The fraction of sp³-hybridized carbons (Fsp3) is 0.409. The van der Waals surface area contributed by atoms with Crippen LogP contribution in [-0.2, 0) is 20.7 Å². The Kier molecular flexibility index (Phi) is 6.21. The predicted molar refractivity (Wildman–Crippen MR) is 105 cm³/mol. The second-order valence-electron chi connectivity index (χ2n) is 6.59. The number of hydrogen-bond donors (Lipinski definition) is 0. The maximum Gasteiger partial charge on any atom is 0.307 e. The molecule has 0 aliphatic heterocycles. The van der Waals surface area contributed by atoms with Gasteiger partial charge < -0.3 is 9.47 Å². The van der Waals surface area contributed by atoms with Gasteiger partial charge in [0.2, 0.25) is 0 Å². The zero-order valence-electron chi connectivity index (χ0n) is 15.2. The molecule has 2 aliphatic rings. The molecule has 26 heavy (non-hydrogen) atoms. The summed E-state index contributed by atoms with van der Waals surface area (Å²) in [5.41, 5.74) is 3.84. The smallest absolute Gasteiger partial charge is 0.307 e. The van der Waals surface area contributed by atoms with Gasteiger partial charge in [-0.25, -0.2) is 0 Å². The van der Waals surface area contributed by atoms with Crippen LogP contribution in [-0.4, -0.2) is 13.1 Å². The summed E-state index contributed by atoms with van der Waals surface area (Å²) >= 11 is 3.53. The van der Waals surface area contributed by atoms with Gasteiger partial charge in [0.05, 0.1) is 25.2 Å². The molecule has 0 aromatic heterocycles. The van der Waals surface area contributed by atoms with E-state index in [1.807, 2.05) is 6.08 Å². The number of ether oxygens (including phenoxy) is 2. The Morgan fingerprint density at radius 3 is 2.85 bits per heavy atom. The number of halogens is 1. The first-order valence-corrected chi connectivity index (χ1v) is 9.73. The molecule has 1 unspecified atom stereocenters. The van der Waals surface area contributed by atoms with E-state index in [4.69, 9.17) is 9.47 Å². The highest BCUT2D eigenvalue weighted by molar-refractivity contribution is 9.10. The van der Waals surface area contributed by atoms with Crippen molar-refractivity contribution in [1.29, 1.82) is 0 Å². The lowest BCUT2D eigenvalue weighted by Gasteiger charge is -2.22. The molecule has 0 saturated heterocycles. The molecule has 4 heteroatoms. The number of rotatable bonds is 5. The maximum atomic E-state index is 11.6. The number of fused-ring (bicyclic) bond motifs is 1. The van der Waals surface area contributed by atoms with Crippen LogP contribution in [0.15, 0.2) is 46.2 Å². The minimum atomic E-state index is -0.224. The van der Waals surface area contributed by atoms with Gasteiger partial charge in [-0.1, -0.05) is 39.6 Å². The van der Waals surface area contributed by atoms with Crippen molar-refractivity contribution in [2.75, 3.05) is 7.11 Å². The van der Waals surface area contributed by atoms with Gasteiger partial charge >= 0.3 is 5.97 Å². The molecule has 3 nitrogen and oxygen atoms in total. The lowest BCUT2D eigenvalue weighted by Crippen LogP contribution is -2.13. The Bertz CT molecular complexity index is 810. The SMILES string of the molecule is CC#C[C@@H](CC(=O)OC)C1=CC=C(OC2CCc3cc(Br)ccc32)CC1. The van der Waals surface area contributed by atoms with Crippen molar-refractivity contribution < 1.29 is 14.3 Å². The van der Waals surface area contributed by atoms with E-state index in [0.717, 1.165) is 35.9 Å². The lowest BCUT2D eigenvalue weighted by molar-refractivity contribution is -0.141. The molecule has 0 N–H and O–H groups in total. The molecule has 0 fully saturated rings. The van der Waals surface area contributed by atoms with Gasteiger partial charge in [-0.15, -0.1) is 5.92 Å². The molecule has 1 aromatic rings. The summed E-state index contributed by atoms with van der Waals surface area (Å²) in [6.45, 7) is 1.80. The van der Waals surface area contributed by atoms with Crippen molar-refractivity contribution in [1.82, 2.24) is 0 Å². The van der Waals surface area contributed by atoms with E-state index in [9.17, 15) is 4.79 Å². The molecular formula is C22H23BrO3. The number of esters is 1. The quantitative estimate of drug-likeness (QED) is 0.486. The van der Waals surface area contributed by atoms with Crippen LogP contribution in [0.3, 0.4) is 0 Å². The highest BCUT2D eigenvalue weighted by atomic mass is 79.9. The molecule has 136 valence electrons.